The van der Waals surface area contributed by atoms with E-state index in [0.717, 1.165) is 42.4 Å². The Kier molecular flexibility index (Phi) is 8.87. The standard InChI is InChI=1S/C26H33N3O4S/c1-17-11-18(2)13-20(12-17)25(31)28-26(34)29(21-7-5-4-6-8-21)15-19-9-10-22(23(14-19)32-3)33-16-24(27)30/h9-14,21H,4-8,15-16H2,1-3H3,(H2,27,30)(H,28,31,34). The van der Waals surface area contributed by atoms with E-state index in [1.807, 2.05) is 44.2 Å². The van der Waals surface area contributed by atoms with Crippen LogP contribution in [0.15, 0.2) is 36.4 Å². The summed E-state index contributed by atoms with van der Waals surface area (Å²) in [6.07, 6.45) is 5.54. The zero-order chi connectivity index (χ0) is 24.7. The number of ether oxygens (including phenoxy) is 2. The van der Waals surface area contributed by atoms with Crippen molar-refractivity contribution in [3.8, 4) is 11.5 Å². The number of nitrogens with zero attached hydrogens (tertiary/aromatic N) is 1. The molecule has 1 aliphatic rings. The molecule has 3 N–H and O–H groups in total. The van der Waals surface area contributed by atoms with E-state index in [2.05, 4.69) is 10.2 Å². The smallest absolute Gasteiger partial charge is 0.257 e. The number of nitrogens with two attached hydrogens (primary N) is 1. The lowest BCUT2D eigenvalue weighted by atomic mass is 9.94. The van der Waals surface area contributed by atoms with Gasteiger partial charge in [-0.3, -0.25) is 14.9 Å². The van der Waals surface area contributed by atoms with Gasteiger partial charge in [0.2, 0.25) is 0 Å². The molecule has 0 spiro atoms. The van der Waals surface area contributed by atoms with Crippen LogP contribution in [0.3, 0.4) is 0 Å². The Morgan fingerprint density at radius 3 is 2.35 bits per heavy atom. The van der Waals surface area contributed by atoms with Crippen molar-refractivity contribution in [3.05, 3.63) is 58.7 Å². The third-order valence-electron chi connectivity index (χ3n) is 5.93. The fourth-order valence-corrected chi connectivity index (χ4v) is 4.69. The largest absolute Gasteiger partial charge is 0.493 e. The molecular formula is C26H33N3O4S. The second-order valence-corrected chi connectivity index (χ2v) is 9.18. The van der Waals surface area contributed by atoms with Gasteiger partial charge < -0.3 is 20.1 Å². The molecule has 3 rings (SSSR count). The summed E-state index contributed by atoms with van der Waals surface area (Å²) in [5.74, 6) is 0.192. The Hall–Kier alpha value is -3.13. The topological polar surface area (TPSA) is 93.9 Å². The number of nitrogens with one attached hydrogen (secondary N) is 1. The van der Waals surface area contributed by atoms with Crippen LogP contribution in [-0.2, 0) is 11.3 Å². The molecule has 2 aromatic carbocycles. The molecule has 2 amide bonds. The molecule has 0 radical (unpaired) electrons. The Balaban J connectivity index is 1.79. The number of carbonyl (C=O) groups is 2. The molecule has 0 saturated heterocycles. The van der Waals surface area contributed by atoms with E-state index in [1.54, 1.807) is 13.2 Å². The summed E-state index contributed by atoms with van der Waals surface area (Å²) in [4.78, 5) is 26.1. The van der Waals surface area contributed by atoms with Gasteiger partial charge in [0, 0.05) is 18.2 Å². The van der Waals surface area contributed by atoms with Crippen molar-refractivity contribution < 1.29 is 19.1 Å². The van der Waals surface area contributed by atoms with Crippen LogP contribution in [0, 0.1) is 13.8 Å². The number of methoxy groups -OCH3 is 1. The highest BCUT2D eigenvalue weighted by Crippen LogP contribution is 2.30. The number of carbonyl (C=O) groups excluding carboxylic acids is 2. The van der Waals surface area contributed by atoms with E-state index in [9.17, 15) is 9.59 Å². The van der Waals surface area contributed by atoms with Gasteiger partial charge in [0.25, 0.3) is 11.8 Å². The van der Waals surface area contributed by atoms with Crippen LogP contribution in [0.1, 0.15) is 59.2 Å². The first-order valence-corrected chi connectivity index (χ1v) is 12.0. The second-order valence-electron chi connectivity index (χ2n) is 8.80. The number of hydrogen-bond donors (Lipinski definition) is 2. The lowest BCUT2D eigenvalue weighted by Crippen LogP contribution is -2.48. The molecule has 7 nitrogen and oxygen atoms in total. The predicted molar refractivity (Wildman–Crippen MR) is 136 cm³/mol. The highest BCUT2D eigenvalue weighted by atomic mass is 32.1. The SMILES string of the molecule is COc1cc(CN(C(=S)NC(=O)c2cc(C)cc(C)c2)C2CCCCC2)ccc1OCC(N)=O. The molecule has 1 aliphatic carbocycles. The summed E-state index contributed by atoms with van der Waals surface area (Å²) < 4.78 is 10.9. The average Bonchev–Trinajstić information content (AvgIpc) is 2.81. The Morgan fingerprint density at radius 1 is 1.06 bits per heavy atom. The number of benzene rings is 2. The summed E-state index contributed by atoms with van der Waals surface area (Å²) in [6, 6.07) is 11.5. The van der Waals surface area contributed by atoms with E-state index in [-0.39, 0.29) is 18.6 Å². The van der Waals surface area contributed by atoms with Gasteiger partial charge in [-0.1, -0.05) is 42.5 Å². The molecule has 1 fully saturated rings. The number of aryl methyl sites for hydroxylation is 2. The third-order valence-corrected chi connectivity index (χ3v) is 6.27. The molecule has 8 heteroatoms. The minimum Gasteiger partial charge on any atom is -0.493 e. The minimum atomic E-state index is -0.556. The summed E-state index contributed by atoms with van der Waals surface area (Å²) in [5, 5.41) is 3.37. The van der Waals surface area contributed by atoms with Crippen molar-refractivity contribution in [2.75, 3.05) is 13.7 Å². The van der Waals surface area contributed by atoms with Gasteiger partial charge in [-0.25, -0.2) is 0 Å². The second kappa shape index (κ2) is 11.8. The van der Waals surface area contributed by atoms with Crippen LogP contribution < -0.4 is 20.5 Å². The lowest BCUT2D eigenvalue weighted by Gasteiger charge is -2.36. The first-order chi connectivity index (χ1) is 16.3. The monoisotopic (exact) mass is 483 g/mol. The van der Waals surface area contributed by atoms with Gasteiger partial charge in [-0.05, 0) is 68.7 Å². The van der Waals surface area contributed by atoms with Crippen LogP contribution in [0.25, 0.3) is 0 Å². The molecule has 182 valence electrons. The van der Waals surface area contributed by atoms with Crippen molar-refractivity contribution in [2.45, 2.75) is 58.5 Å². The maximum Gasteiger partial charge on any atom is 0.257 e. The summed E-state index contributed by atoms with van der Waals surface area (Å²) in [7, 11) is 1.55. The highest BCUT2D eigenvalue weighted by Gasteiger charge is 2.25. The van der Waals surface area contributed by atoms with Gasteiger partial charge >= 0.3 is 0 Å². The summed E-state index contributed by atoms with van der Waals surface area (Å²) >= 11 is 5.74. The normalized spacial score (nSPS) is 13.7. The van der Waals surface area contributed by atoms with Crippen molar-refractivity contribution in [1.29, 1.82) is 0 Å². The van der Waals surface area contributed by atoms with Gasteiger partial charge in [-0.15, -0.1) is 0 Å². The van der Waals surface area contributed by atoms with Crippen LogP contribution in [0.2, 0.25) is 0 Å². The molecule has 0 bridgehead atoms. The van der Waals surface area contributed by atoms with Gasteiger partial charge in [-0.2, -0.15) is 0 Å². The molecule has 0 aliphatic heterocycles. The lowest BCUT2D eigenvalue weighted by molar-refractivity contribution is -0.119. The number of hydrogen-bond acceptors (Lipinski definition) is 5. The number of rotatable bonds is 8. The number of amides is 2. The molecular weight excluding hydrogens is 450 g/mol. The van der Waals surface area contributed by atoms with Crippen molar-refractivity contribution >= 4 is 29.1 Å². The highest BCUT2D eigenvalue weighted by molar-refractivity contribution is 7.80. The summed E-state index contributed by atoms with van der Waals surface area (Å²) in [5.41, 5.74) is 8.80. The Morgan fingerprint density at radius 2 is 1.74 bits per heavy atom. The molecule has 0 atom stereocenters. The van der Waals surface area contributed by atoms with E-state index < -0.39 is 5.91 Å². The van der Waals surface area contributed by atoms with E-state index in [1.165, 1.54) is 6.42 Å². The first kappa shape index (κ1) is 25.5. The van der Waals surface area contributed by atoms with Crippen molar-refractivity contribution in [2.24, 2.45) is 5.73 Å². The van der Waals surface area contributed by atoms with Crippen LogP contribution >= 0.6 is 12.2 Å². The molecule has 2 aromatic rings. The Labute approximate surface area is 206 Å². The van der Waals surface area contributed by atoms with Gasteiger partial charge in [0.1, 0.15) is 0 Å². The molecule has 1 saturated carbocycles. The number of primary amides is 1. The zero-order valence-corrected chi connectivity index (χ0v) is 20.9. The van der Waals surface area contributed by atoms with E-state index >= 15 is 0 Å². The molecule has 0 unspecified atom stereocenters. The molecule has 0 aromatic heterocycles. The van der Waals surface area contributed by atoms with Crippen LogP contribution in [-0.4, -0.2) is 41.6 Å². The minimum absolute atomic E-state index is 0.203. The van der Waals surface area contributed by atoms with E-state index in [0.29, 0.717) is 28.7 Å². The average molecular weight is 484 g/mol. The van der Waals surface area contributed by atoms with E-state index in [4.69, 9.17) is 27.4 Å². The van der Waals surface area contributed by atoms with Gasteiger partial charge in [0.05, 0.1) is 7.11 Å². The number of thiocarbonyl (C=S) groups is 1. The third kappa shape index (κ3) is 6.93. The van der Waals surface area contributed by atoms with Crippen molar-refractivity contribution in [1.82, 2.24) is 10.2 Å². The zero-order valence-electron chi connectivity index (χ0n) is 20.1. The van der Waals surface area contributed by atoms with Crippen molar-refractivity contribution in [3.63, 3.8) is 0 Å². The quantitative estimate of drug-likeness (QED) is 0.551. The maximum atomic E-state index is 13.0. The van der Waals surface area contributed by atoms with Gasteiger partial charge in [0.15, 0.2) is 23.2 Å². The van der Waals surface area contributed by atoms with Crippen LogP contribution in [0.4, 0.5) is 0 Å². The van der Waals surface area contributed by atoms with Crippen LogP contribution in [0.5, 0.6) is 11.5 Å². The fourth-order valence-electron chi connectivity index (χ4n) is 4.38. The Bertz CT molecular complexity index is 1030. The fraction of sp³-hybridized carbons (Fsp3) is 0.423. The predicted octanol–water partition coefficient (Wildman–Crippen LogP) is 4.03. The molecule has 34 heavy (non-hydrogen) atoms. The maximum absolute atomic E-state index is 13.0. The first-order valence-electron chi connectivity index (χ1n) is 11.5. The molecule has 0 heterocycles. The summed E-state index contributed by atoms with van der Waals surface area (Å²) in [6.45, 7) is 4.24.